The number of nitrogens with two attached hydrogens (primary N) is 1. The SMILES string of the molecule is Cc1cc(C)c(-c2c(C)nc(CN)n2C)c(C)c1. The Hall–Kier alpha value is -1.61. The predicted molar refractivity (Wildman–Crippen MR) is 75.5 cm³/mol. The highest BCUT2D eigenvalue weighted by molar-refractivity contribution is 5.70. The fourth-order valence-corrected chi connectivity index (χ4v) is 2.78. The molecule has 0 aliphatic carbocycles. The van der Waals surface area contributed by atoms with Crippen LogP contribution in [0.5, 0.6) is 0 Å². The van der Waals surface area contributed by atoms with Crippen LogP contribution in [0.4, 0.5) is 0 Å². The molecule has 3 heteroatoms. The van der Waals surface area contributed by atoms with Crippen molar-refractivity contribution in [1.82, 2.24) is 9.55 Å². The van der Waals surface area contributed by atoms with E-state index in [0.29, 0.717) is 6.54 Å². The topological polar surface area (TPSA) is 43.8 Å². The molecule has 2 rings (SSSR count). The van der Waals surface area contributed by atoms with E-state index in [1.165, 1.54) is 27.9 Å². The maximum absolute atomic E-state index is 5.73. The quantitative estimate of drug-likeness (QED) is 0.881. The van der Waals surface area contributed by atoms with Crippen molar-refractivity contribution in [3.05, 3.63) is 40.3 Å². The minimum absolute atomic E-state index is 0.474. The summed E-state index contributed by atoms with van der Waals surface area (Å²) in [5.74, 6) is 0.932. The average molecular weight is 243 g/mol. The average Bonchev–Trinajstić information content (AvgIpc) is 2.55. The van der Waals surface area contributed by atoms with Crippen LogP contribution >= 0.6 is 0 Å². The first-order valence-corrected chi connectivity index (χ1v) is 6.26. The lowest BCUT2D eigenvalue weighted by molar-refractivity contribution is 0.798. The van der Waals surface area contributed by atoms with Crippen LogP contribution in [0, 0.1) is 27.7 Å². The second-order valence-corrected chi connectivity index (χ2v) is 5.00. The zero-order valence-electron chi connectivity index (χ0n) is 11.8. The Morgan fingerprint density at radius 1 is 1.11 bits per heavy atom. The molecule has 0 aliphatic heterocycles. The predicted octanol–water partition coefficient (Wildman–Crippen LogP) is 2.78. The highest BCUT2D eigenvalue weighted by Crippen LogP contribution is 2.31. The third kappa shape index (κ3) is 1.95. The van der Waals surface area contributed by atoms with E-state index >= 15 is 0 Å². The number of aromatic nitrogens is 2. The van der Waals surface area contributed by atoms with Gasteiger partial charge in [-0.25, -0.2) is 4.98 Å². The smallest absolute Gasteiger partial charge is 0.122 e. The number of nitrogens with zero attached hydrogens (tertiary/aromatic N) is 2. The normalized spacial score (nSPS) is 11.0. The van der Waals surface area contributed by atoms with Gasteiger partial charge in [0, 0.05) is 12.6 Å². The van der Waals surface area contributed by atoms with Gasteiger partial charge in [-0.3, -0.25) is 0 Å². The zero-order chi connectivity index (χ0) is 13.4. The molecule has 0 fully saturated rings. The largest absolute Gasteiger partial charge is 0.330 e. The highest BCUT2D eigenvalue weighted by atomic mass is 15.1. The second-order valence-electron chi connectivity index (χ2n) is 5.00. The summed E-state index contributed by atoms with van der Waals surface area (Å²) in [5, 5.41) is 0. The van der Waals surface area contributed by atoms with Crippen LogP contribution in [0.3, 0.4) is 0 Å². The van der Waals surface area contributed by atoms with Gasteiger partial charge in [0.15, 0.2) is 0 Å². The molecule has 1 aromatic heterocycles. The molecule has 0 bridgehead atoms. The van der Waals surface area contributed by atoms with Gasteiger partial charge in [-0.05, 0) is 38.8 Å². The van der Waals surface area contributed by atoms with E-state index in [2.05, 4.69) is 42.5 Å². The van der Waals surface area contributed by atoms with E-state index in [4.69, 9.17) is 5.73 Å². The van der Waals surface area contributed by atoms with Gasteiger partial charge >= 0.3 is 0 Å². The second kappa shape index (κ2) is 4.58. The van der Waals surface area contributed by atoms with Crippen molar-refractivity contribution in [2.24, 2.45) is 12.8 Å². The lowest BCUT2D eigenvalue weighted by Crippen LogP contribution is -2.06. The van der Waals surface area contributed by atoms with Crippen molar-refractivity contribution < 1.29 is 0 Å². The third-order valence-corrected chi connectivity index (χ3v) is 3.46. The van der Waals surface area contributed by atoms with Crippen molar-refractivity contribution in [1.29, 1.82) is 0 Å². The molecule has 0 radical (unpaired) electrons. The van der Waals surface area contributed by atoms with Gasteiger partial charge < -0.3 is 10.3 Å². The summed E-state index contributed by atoms with van der Waals surface area (Å²) < 4.78 is 2.11. The maximum atomic E-state index is 5.73. The Bertz CT molecular complexity index is 571. The molecular formula is C15H21N3. The lowest BCUT2D eigenvalue weighted by Gasteiger charge is -2.13. The Kier molecular flexibility index (Phi) is 3.26. The summed E-state index contributed by atoms with van der Waals surface area (Å²) in [6, 6.07) is 4.44. The van der Waals surface area contributed by atoms with E-state index in [1.54, 1.807) is 0 Å². The van der Waals surface area contributed by atoms with Crippen LogP contribution in [0.25, 0.3) is 11.3 Å². The summed E-state index contributed by atoms with van der Waals surface area (Å²) in [4.78, 5) is 4.55. The van der Waals surface area contributed by atoms with Crippen LogP contribution in [0.15, 0.2) is 12.1 Å². The van der Waals surface area contributed by atoms with Gasteiger partial charge in [-0.1, -0.05) is 17.7 Å². The van der Waals surface area contributed by atoms with Crippen molar-refractivity contribution in [3.63, 3.8) is 0 Å². The van der Waals surface area contributed by atoms with Crippen LogP contribution in [0.1, 0.15) is 28.2 Å². The molecule has 3 nitrogen and oxygen atoms in total. The Morgan fingerprint density at radius 3 is 2.11 bits per heavy atom. The zero-order valence-corrected chi connectivity index (χ0v) is 11.8. The van der Waals surface area contributed by atoms with E-state index in [0.717, 1.165) is 11.5 Å². The fourth-order valence-electron chi connectivity index (χ4n) is 2.78. The van der Waals surface area contributed by atoms with E-state index in [9.17, 15) is 0 Å². The molecule has 1 aromatic carbocycles. The minimum Gasteiger partial charge on any atom is -0.330 e. The van der Waals surface area contributed by atoms with Gasteiger partial charge in [0.25, 0.3) is 0 Å². The molecule has 0 saturated heterocycles. The van der Waals surface area contributed by atoms with Crippen LogP contribution in [-0.2, 0) is 13.6 Å². The lowest BCUT2D eigenvalue weighted by atomic mass is 9.96. The van der Waals surface area contributed by atoms with E-state index in [1.807, 2.05) is 14.0 Å². The first-order valence-electron chi connectivity index (χ1n) is 6.26. The first kappa shape index (κ1) is 12.8. The molecule has 0 aliphatic rings. The van der Waals surface area contributed by atoms with Crippen molar-refractivity contribution in [2.45, 2.75) is 34.2 Å². The summed E-state index contributed by atoms with van der Waals surface area (Å²) >= 11 is 0. The Balaban J connectivity index is 2.73. The Morgan fingerprint density at radius 2 is 1.67 bits per heavy atom. The van der Waals surface area contributed by atoms with Gasteiger partial charge in [-0.2, -0.15) is 0 Å². The molecule has 0 amide bonds. The van der Waals surface area contributed by atoms with Gasteiger partial charge in [-0.15, -0.1) is 0 Å². The minimum atomic E-state index is 0.474. The highest BCUT2D eigenvalue weighted by Gasteiger charge is 2.16. The number of benzene rings is 1. The molecule has 2 aromatic rings. The molecular weight excluding hydrogens is 222 g/mol. The number of aryl methyl sites for hydroxylation is 4. The fraction of sp³-hybridized carbons (Fsp3) is 0.400. The Labute approximate surface area is 109 Å². The number of hydrogen-bond donors (Lipinski definition) is 1. The number of imidazole rings is 1. The molecule has 2 N–H and O–H groups in total. The van der Waals surface area contributed by atoms with Crippen LogP contribution in [-0.4, -0.2) is 9.55 Å². The van der Waals surface area contributed by atoms with E-state index in [-0.39, 0.29) is 0 Å². The molecule has 0 spiro atoms. The monoisotopic (exact) mass is 243 g/mol. The summed E-state index contributed by atoms with van der Waals surface area (Å²) in [6.07, 6.45) is 0. The number of hydrogen-bond acceptors (Lipinski definition) is 2. The summed E-state index contributed by atoms with van der Waals surface area (Å²) in [6.45, 7) is 8.97. The molecule has 0 unspecified atom stereocenters. The first-order chi connectivity index (χ1) is 8.45. The maximum Gasteiger partial charge on any atom is 0.122 e. The van der Waals surface area contributed by atoms with Crippen LogP contribution in [0.2, 0.25) is 0 Å². The van der Waals surface area contributed by atoms with Crippen molar-refractivity contribution in [3.8, 4) is 11.3 Å². The van der Waals surface area contributed by atoms with E-state index < -0.39 is 0 Å². The molecule has 0 atom stereocenters. The van der Waals surface area contributed by atoms with Crippen LogP contribution < -0.4 is 5.73 Å². The molecule has 18 heavy (non-hydrogen) atoms. The van der Waals surface area contributed by atoms with Crippen molar-refractivity contribution >= 4 is 0 Å². The summed E-state index contributed by atoms with van der Waals surface area (Å²) in [5.41, 5.74) is 13.1. The van der Waals surface area contributed by atoms with Crippen molar-refractivity contribution in [2.75, 3.05) is 0 Å². The van der Waals surface area contributed by atoms with Gasteiger partial charge in [0.05, 0.1) is 17.9 Å². The molecule has 1 heterocycles. The molecule has 0 saturated carbocycles. The molecule has 96 valence electrons. The number of rotatable bonds is 2. The van der Waals surface area contributed by atoms with Gasteiger partial charge in [0.2, 0.25) is 0 Å². The third-order valence-electron chi connectivity index (χ3n) is 3.46. The standard InChI is InChI=1S/C15H21N3/c1-9-6-10(2)14(11(3)7-9)15-12(4)17-13(8-16)18(15)5/h6-7H,8,16H2,1-5H3. The summed E-state index contributed by atoms with van der Waals surface area (Å²) in [7, 11) is 2.04. The van der Waals surface area contributed by atoms with Gasteiger partial charge in [0.1, 0.15) is 5.82 Å².